The molecule has 0 radical (unpaired) electrons. The van der Waals surface area contributed by atoms with E-state index in [0.29, 0.717) is 6.42 Å². The second-order valence-corrected chi connectivity index (χ2v) is 7.58. The van der Waals surface area contributed by atoms with Crippen LogP contribution < -0.4 is 5.32 Å². The number of carbonyl (C=O) groups is 1. The van der Waals surface area contributed by atoms with E-state index in [1.165, 1.54) is 56.3 Å². The number of unbranched alkanes of at least 4 members (excludes halogenated alkanes) is 11. The Morgan fingerprint density at radius 2 is 1.37 bits per heavy atom. The predicted molar refractivity (Wildman–Crippen MR) is 106 cm³/mol. The van der Waals surface area contributed by atoms with Crippen molar-refractivity contribution in [1.82, 2.24) is 5.32 Å². The fraction of sp³-hybridized carbons (Fsp3) is 0.857. The first-order valence-corrected chi connectivity index (χ1v) is 10.8. The van der Waals surface area contributed by atoms with E-state index in [4.69, 9.17) is 5.11 Å². The summed E-state index contributed by atoms with van der Waals surface area (Å²) in [7, 11) is 0. The Labute approximate surface area is 175 Å². The van der Waals surface area contributed by atoms with Gasteiger partial charge in [-0.05, 0) is 12.8 Å². The normalized spacial score (nSPS) is 14.8. The van der Waals surface area contributed by atoms with Gasteiger partial charge in [0.1, 0.15) is 0 Å². The van der Waals surface area contributed by atoms with E-state index in [-0.39, 0.29) is 0 Å². The first-order chi connectivity index (χ1) is 14.1. The summed E-state index contributed by atoms with van der Waals surface area (Å²) in [4.78, 5) is 11.1. The van der Waals surface area contributed by atoms with Crippen molar-refractivity contribution < 1.29 is 37.0 Å². The second kappa shape index (κ2) is 15.6. The Kier molecular flexibility index (Phi) is 14.9. The molecule has 1 amide bonds. The Hall–Kier alpha value is -1.22. The SMILES string of the molecule is CCCCCCCCCCCCCC=CC(O)C(CO)NC(=O)C(F)(F)C(F)(F)F. The molecule has 0 rings (SSSR count). The Morgan fingerprint density at radius 1 is 0.900 bits per heavy atom. The zero-order valence-electron chi connectivity index (χ0n) is 17.7. The lowest BCUT2D eigenvalue weighted by Gasteiger charge is -2.24. The van der Waals surface area contributed by atoms with E-state index in [2.05, 4.69) is 6.92 Å². The van der Waals surface area contributed by atoms with Crippen molar-refractivity contribution in [3.8, 4) is 0 Å². The molecule has 0 fully saturated rings. The van der Waals surface area contributed by atoms with Gasteiger partial charge in [0.2, 0.25) is 0 Å². The number of aliphatic hydroxyl groups excluding tert-OH is 2. The van der Waals surface area contributed by atoms with Crippen LogP contribution in [0.25, 0.3) is 0 Å². The molecule has 0 aromatic heterocycles. The van der Waals surface area contributed by atoms with Crippen molar-refractivity contribution >= 4 is 5.91 Å². The molecule has 0 heterocycles. The second-order valence-electron chi connectivity index (χ2n) is 7.58. The smallest absolute Gasteiger partial charge is 0.394 e. The molecule has 0 saturated heterocycles. The highest BCUT2D eigenvalue weighted by molar-refractivity contribution is 5.84. The monoisotopic (exact) mass is 445 g/mol. The third kappa shape index (κ3) is 11.8. The number of amides is 1. The summed E-state index contributed by atoms with van der Waals surface area (Å²) < 4.78 is 62.4. The highest BCUT2D eigenvalue weighted by Gasteiger charge is 2.63. The fourth-order valence-corrected chi connectivity index (χ4v) is 2.92. The van der Waals surface area contributed by atoms with E-state index in [1.54, 1.807) is 6.08 Å². The van der Waals surface area contributed by atoms with Crippen molar-refractivity contribution in [2.24, 2.45) is 0 Å². The van der Waals surface area contributed by atoms with Crippen LogP contribution >= 0.6 is 0 Å². The van der Waals surface area contributed by atoms with Gasteiger partial charge in [-0.2, -0.15) is 22.0 Å². The molecule has 4 nitrogen and oxygen atoms in total. The first-order valence-electron chi connectivity index (χ1n) is 10.8. The lowest BCUT2D eigenvalue weighted by Crippen LogP contribution is -2.56. The number of hydrogen-bond donors (Lipinski definition) is 3. The van der Waals surface area contributed by atoms with Crippen molar-refractivity contribution in [1.29, 1.82) is 0 Å². The summed E-state index contributed by atoms with van der Waals surface area (Å²) in [5, 5.41) is 20.2. The predicted octanol–water partition coefficient (Wildman–Crippen LogP) is 5.28. The average molecular weight is 446 g/mol. The fourth-order valence-electron chi connectivity index (χ4n) is 2.92. The van der Waals surface area contributed by atoms with Gasteiger partial charge in [0.25, 0.3) is 0 Å². The van der Waals surface area contributed by atoms with Crippen LogP contribution in [0.4, 0.5) is 22.0 Å². The molecule has 178 valence electrons. The van der Waals surface area contributed by atoms with E-state index in [9.17, 15) is 31.9 Å². The molecular formula is C21H36F5NO3. The highest BCUT2D eigenvalue weighted by Crippen LogP contribution is 2.35. The van der Waals surface area contributed by atoms with E-state index >= 15 is 0 Å². The molecule has 9 heteroatoms. The molecule has 3 N–H and O–H groups in total. The summed E-state index contributed by atoms with van der Waals surface area (Å²) in [6, 6.07) is -1.65. The van der Waals surface area contributed by atoms with Gasteiger partial charge in [-0.1, -0.05) is 83.3 Å². The Bertz CT molecular complexity index is 484. The standard InChI is InChI=1S/C21H36F5NO3/c1-2-3-4-5-6-7-8-9-10-11-12-13-14-15-18(29)17(16-28)27-19(30)20(22,23)21(24,25)26/h14-15,17-18,28-29H,2-13,16H2,1H3,(H,27,30). The quantitative estimate of drug-likeness (QED) is 0.162. The topological polar surface area (TPSA) is 69.6 Å². The lowest BCUT2D eigenvalue weighted by atomic mass is 10.0. The maximum absolute atomic E-state index is 12.9. The molecule has 0 aromatic rings. The molecule has 0 aliphatic rings. The number of aliphatic hydroxyl groups is 2. The number of rotatable bonds is 17. The third-order valence-electron chi connectivity index (χ3n) is 4.87. The molecule has 0 spiro atoms. The largest absolute Gasteiger partial charge is 0.463 e. The van der Waals surface area contributed by atoms with Gasteiger partial charge >= 0.3 is 18.0 Å². The lowest BCUT2D eigenvalue weighted by molar-refractivity contribution is -0.270. The molecule has 0 aromatic carbocycles. The number of halogens is 5. The summed E-state index contributed by atoms with van der Waals surface area (Å²) in [5.74, 6) is -8.20. The molecule has 30 heavy (non-hydrogen) atoms. The van der Waals surface area contributed by atoms with Crippen molar-refractivity contribution in [2.75, 3.05) is 6.61 Å². The summed E-state index contributed by atoms with van der Waals surface area (Å²) >= 11 is 0. The van der Waals surface area contributed by atoms with E-state index in [1.807, 2.05) is 0 Å². The van der Waals surface area contributed by atoms with Gasteiger partial charge in [0.05, 0.1) is 18.8 Å². The van der Waals surface area contributed by atoms with Gasteiger partial charge in [0.15, 0.2) is 0 Å². The minimum Gasteiger partial charge on any atom is -0.394 e. The van der Waals surface area contributed by atoms with E-state index < -0.39 is 36.8 Å². The highest BCUT2D eigenvalue weighted by atomic mass is 19.4. The minimum absolute atomic E-state index is 0.596. The van der Waals surface area contributed by atoms with Crippen molar-refractivity contribution in [3.05, 3.63) is 12.2 Å². The summed E-state index contributed by atoms with van der Waals surface area (Å²) in [5.41, 5.74) is 0. The molecular weight excluding hydrogens is 409 g/mol. The zero-order valence-corrected chi connectivity index (χ0v) is 17.7. The molecule has 0 saturated carbocycles. The van der Waals surface area contributed by atoms with Crippen LogP contribution in [-0.4, -0.2) is 47.0 Å². The van der Waals surface area contributed by atoms with Gasteiger partial charge < -0.3 is 15.5 Å². The summed E-state index contributed by atoms with van der Waals surface area (Å²) in [6.07, 6.45) is 8.69. The van der Waals surface area contributed by atoms with Crippen LogP contribution in [0.1, 0.15) is 84.0 Å². The number of nitrogens with one attached hydrogen (secondary N) is 1. The molecule has 2 atom stereocenters. The third-order valence-corrected chi connectivity index (χ3v) is 4.87. The van der Waals surface area contributed by atoms with Gasteiger partial charge in [0, 0.05) is 0 Å². The number of carbonyl (C=O) groups excluding carboxylic acids is 1. The first kappa shape index (κ1) is 28.8. The average Bonchev–Trinajstić information content (AvgIpc) is 2.68. The van der Waals surface area contributed by atoms with Crippen LogP contribution in [0.3, 0.4) is 0 Å². The number of hydrogen-bond acceptors (Lipinski definition) is 3. The molecule has 0 bridgehead atoms. The molecule has 0 aliphatic heterocycles. The van der Waals surface area contributed by atoms with Crippen molar-refractivity contribution in [3.63, 3.8) is 0 Å². The van der Waals surface area contributed by atoms with Gasteiger partial charge in [-0.3, -0.25) is 4.79 Å². The Morgan fingerprint density at radius 3 is 1.80 bits per heavy atom. The van der Waals surface area contributed by atoms with Gasteiger partial charge in [-0.15, -0.1) is 0 Å². The number of allylic oxidation sites excluding steroid dienone is 1. The van der Waals surface area contributed by atoms with E-state index in [0.717, 1.165) is 25.7 Å². The maximum atomic E-state index is 12.9. The molecule has 0 aliphatic carbocycles. The van der Waals surface area contributed by atoms with Crippen LogP contribution in [0, 0.1) is 0 Å². The maximum Gasteiger partial charge on any atom is 0.463 e. The van der Waals surface area contributed by atoms with Crippen LogP contribution in [0.15, 0.2) is 12.2 Å². The van der Waals surface area contributed by atoms with Gasteiger partial charge in [-0.25, -0.2) is 0 Å². The van der Waals surface area contributed by atoms with Crippen LogP contribution in [-0.2, 0) is 4.79 Å². The summed E-state index contributed by atoms with van der Waals surface area (Å²) in [6.45, 7) is 1.21. The van der Waals surface area contributed by atoms with Crippen LogP contribution in [0.2, 0.25) is 0 Å². The number of alkyl halides is 5. The van der Waals surface area contributed by atoms with Crippen molar-refractivity contribution in [2.45, 2.75) is 108 Å². The minimum atomic E-state index is -6.05. The molecule has 2 unspecified atom stereocenters. The van der Waals surface area contributed by atoms with Crippen LogP contribution in [0.5, 0.6) is 0 Å². The Balaban J connectivity index is 4.00. The zero-order chi connectivity index (χ0) is 23.0.